The molecule has 2 atom stereocenters. The van der Waals surface area contributed by atoms with E-state index < -0.39 is 29.9 Å². The number of nitrogens with one attached hydrogen (secondary N) is 1. The first kappa shape index (κ1) is 34.4. The summed E-state index contributed by atoms with van der Waals surface area (Å²) >= 11 is 0. The largest absolute Gasteiger partial charge is 0.489 e. The predicted octanol–water partition coefficient (Wildman–Crippen LogP) is 4.87. The molecule has 2 amide bonds. The number of hydrogen-bond donors (Lipinski definition) is 1. The third-order valence-corrected chi connectivity index (χ3v) is 8.57. The minimum absolute atomic E-state index is 0.0369. The van der Waals surface area contributed by atoms with Gasteiger partial charge in [0, 0.05) is 13.1 Å². The van der Waals surface area contributed by atoms with Crippen LogP contribution in [-0.2, 0) is 41.8 Å². The highest BCUT2D eigenvalue weighted by molar-refractivity contribution is 6.02. The Bertz CT molecular complexity index is 1510. The summed E-state index contributed by atoms with van der Waals surface area (Å²) in [6, 6.07) is 24.2. The van der Waals surface area contributed by atoms with E-state index in [1.165, 1.54) is 4.90 Å². The van der Waals surface area contributed by atoms with E-state index in [1.54, 1.807) is 36.1 Å². The molecule has 11 heteroatoms. The van der Waals surface area contributed by atoms with Crippen LogP contribution < -0.4 is 15.0 Å². The highest BCUT2D eigenvalue weighted by Gasteiger charge is 2.36. The predicted molar refractivity (Wildman–Crippen MR) is 178 cm³/mol. The fourth-order valence-electron chi connectivity index (χ4n) is 5.92. The standard InChI is InChI=1S/C37H43N3O8/c1-2-45-36(43)30(18-17-27-19-21-39(22-20-27)37(44)48-25-29-13-7-4-8-14-29)38-31-26-46-33-16-10-9-15-32(33)40(35(31)42)23-34(41)47-24-28-11-5-3-6-12-28/h3-16,27,30-31,38H,2,17-26H2,1H3/t30?,31-/m0/s1. The highest BCUT2D eigenvalue weighted by atomic mass is 16.6. The van der Waals surface area contributed by atoms with Gasteiger partial charge in [-0.05, 0) is 61.8 Å². The topological polar surface area (TPSA) is 124 Å². The monoisotopic (exact) mass is 657 g/mol. The summed E-state index contributed by atoms with van der Waals surface area (Å²) in [5.74, 6) is -0.702. The first-order valence-corrected chi connectivity index (χ1v) is 16.5. The van der Waals surface area contributed by atoms with Crippen molar-refractivity contribution >= 4 is 29.6 Å². The summed E-state index contributed by atoms with van der Waals surface area (Å²) in [6.07, 6.45) is 2.34. The van der Waals surface area contributed by atoms with Crippen molar-refractivity contribution in [3.8, 4) is 5.75 Å². The molecule has 0 aromatic heterocycles. The molecular formula is C37H43N3O8. The van der Waals surface area contributed by atoms with Gasteiger partial charge in [0.2, 0.25) is 5.91 Å². The second kappa shape index (κ2) is 17.3. The van der Waals surface area contributed by atoms with E-state index in [0.29, 0.717) is 37.4 Å². The Balaban J connectivity index is 1.17. The molecule has 1 N–H and O–H groups in total. The van der Waals surface area contributed by atoms with Crippen molar-refractivity contribution in [2.75, 3.05) is 37.7 Å². The fraction of sp³-hybridized carbons (Fsp3) is 0.405. The van der Waals surface area contributed by atoms with E-state index in [-0.39, 0.29) is 45.0 Å². The summed E-state index contributed by atoms with van der Waals surface area (Å²) in [4.78, 5) is 55.7. The number of anilines is 1. The Kier molecular flexibility index (Phi) is 12.4. The van der Waals surface area contributed by atoms with Gasteiger partial charge < -0.3 is 23.8 Å². The molecule has 5 rings (SSSR count). The number of fused-ring (bicyclic) bond motifs is 1. The van der Waals surface area contributed by atoms with Crippen LogP contribution in [0.3, 0.4) is 0 Å². The average Bonchev–Trinajstić information content (AvgIpc) is 3.25. The van der Waals surface area contributed by atoms with E-state index in [0.717, 1.165) is 24.0 Å². The number of rotatable bonds is 13. The highest BCUT2D eigenvalue weighted by Crippen LogP contribution is 2.31. The lowest BCUT2D eigenvalue weighted by Crippen LogP contribution is -2.55. The van der Waals surface area contributed by atoms with Crippen LogP contribution >= 0.6 is 0 Å². The number of ether oxygens (including phenoxy) is 4. The van der Waals surface area contributed by atoms with Gasteiger partial charge in [0.25, 0.3) is 0 Å². The molecule has 0 aliphatic carbocycles. The molecule has 2 aliphatic rings. The second-order valence-electron chi connectivity index (χ2n) is 11.9. The van der Waals surface area contributed by atoms with Gasteiger partial charge >= 0.3 is 18.0 Å². The number of hydrogen-bond acceptors (Lipinski definition) is 9. The third kappa shape index (κ3) is 9.57. The van der Waals surface area contributed by atoms with E-state index in [4.69, 9.17) is 18.9 Å². The van der Waals surface area contributed by atoms with Crippen LogP contribution in [0.4, 0.5) is 10.5 Å². The number of carbonyl (C=O) groups is 4. The molecule has 3 aromatic rings. The zero-order chi connectivity index (χ0) is 33.7. The van der Waals surface area contributed by atoms with Gasteiger partial charge in [-0.25, -0.2) is 4.79 Å². The molecule has 0 spiro atoms. The van der Waals surface area contributed by atoms with Gasteiger partial charge in [0.15, 0.2) is 0 Å². The Hall–Kier alpha value is -4.90. The van der Waals surface area contributed by atoms with Crippen molar-refractivity contribution in [3.63, 3.8) is 0 Å². The average molecular weight is 658 g/mol. The first-order valence-electron chi connectivity index (χ1n) is 16.5. The van der Waals surface area contributed by atoms with Gasteiger partial charge in [-0.15, -0.1) is 0 Å². The van der Waals surface area contributed by atoms with Crippen molar-refractivity contribution in [3.05, 3.63) is 96.1 Å². The fourth-order valence-corrected chi connectivity index (χ4v) is 5.92. The Morgan fingerprint density at radius 3 is 2.15 bits per heavy atom. The van der Waals surface area contributed by atoms with Crippen molar-refractivity contribution in [1.82, 2.24) is 10.2 Å². The lowest BCUT2D eigenvalue weighted by Gasteiger charge is -2.32. The van der Waals surface area contributed by atoms with Gasteiger partial charge in [-0.3, -0.25) is 24.6 Å². The summed E-state index contributed by atoms with van der Waals surface area (Å²) in [5.41, 5.74) is 2.22. The van der Waals surface area contributed by atoms with Crippen LogP contribution in [0.25, 0.3) is 0 Å². The normalized spacial score (nSPS) is 17.0. The molecule has 3 aromatic carbocycles. The number of carbonyl (C=O) groups excluding carboxylic acids is 4. The van der Waals surface area contributed by atoms with Crippen LogP contribution in [0.15, 0.2) is 84.9 Å². The maximum Gasteiger partial charge on any atom is 0.410 e. The Labute approximate surface area is 281 Å². The van der Waals surface area contributed by atoms with Crippen molar-refractivity contribution < 1.29 is 38.1 Å². The van der Waals surface area contributed by atoms with Crippen LogP contribution in [0.5, 0.6) is 5.75 Å². The van der Waals surface area contributed by atoms with E-state index in [2.05, 4.69) is 5.32 Å². The minimum atomic E-state index is -0.921. The molecule has 2 heterocycles. The third-order valence-electron chi connectivity index (χ3n) is 8.57. The number of likely N-dealkylation sites (tertiary alicyclic amines) is 1. The minimum Gasteiger partial charge on any atom is -0.489 e. The van der Waals surface area contributed by atoms with Gasteiger partial charge in [0.05, 0.1) is 12.3 Å². The van der Waals surface area contributed by atoms with Gasteiger partial charge in [-0.1, -0.05) is 72.8 Å². The molecule has 254 valence electrons. The number of esters is 2. The molecule has 0 saturated carbocycles. The molecule has 1 saturated heterocycles. The smallest absolute Gasteiger partial charge is 0.410 e. The van der Waals surface area contributed by atoms with Crippen LogP contribution in [0, 0.1) is 5.92 Å². The molecule has 0 bridgehead atoms. The molecule has 2 aliphatic heterocycles. The molecule has 1 unspecified atom stereocenters. The van der Waals surface area contributed by atoms with E-state index in [9.17, 15) is 19.2 Å². The SMILES string of the molecule is CCOC(=O)C(CCC1CCN(C(=O)OCc2ccccc2)CC1)N[C@H]1COc2ccccc2N(CC(=O)OCc2ccccc2)C1=O. The maximum atomic E-state index is 14.0. The maximum absolute atomic E-state index is 14.0. The summed E-state index contributed by atoms with van der Waals surface area (Å²) in [6.45, 7) is 3.02. The van der Waals surface area contributed by atoms with Crippen molar-refractivity contribution in [2.24, 2.45) is 5.92 Å². The zero-order valence-corrected chi connectivity index (χ0v) is 27.3. The zero-order valence-electron chi connectivity index (χ0n) is 27.3. The summed E-state index contributed by atoms with van der Waals surface area (Å²) in [7, 11) is 0. The Morgan fingerprint density at radius 1 is 0.854 bits per heavy atom. The lowest BCUT2D eigenvalue weighted by molar-refractivity contribution is -0.147. The number of amides is 2. The van der Waals surface area contributed by atoms with Crippen LogP contribution in [-0.4, -0.2) is 73.8 Å². The summed E-state index contributed by atoms with van der Waals surface area (Å²) in [5, 5.41) is 3.20. The number of benzene rings is 3. The van der Waals surface area contributed by atoms with Crippen LogP contribution in [0.1, 0.15) is 43.7 Å². The number of piperidine rings is 1. The number of para-hydroxylation sites is 2. The van der Waals surface area contributed by atoms with Gasteiger partial charge in [-0.2, -0.15) is 0 Å². The lowest BCUT2D eigenvalue weighted by atomic mass is 9.90. The molecule has 48 heavy (non-hydrogen) atoms. The van der Waals surface area contributed by atoms with Crippen LogP contribution in [0.2, 0.25) is 0 Å². The van der Waals surface area contributed by atoms with Crippen molar-refractivity contribution in [2.45, 2.75) is 57.9 Å². The molecule has 11 nitrogen and oxygen atoms in total. The Morgan fingerprint density at radius 2 is 1.48 bits per heavy atom. The first-order chi connectivity index (χ1) is 23.4. The van der Waals surface area contributed by atoms with E-state index in [1.807, 2.05) is 60.7 Å². The molecule has 1 fully saturated rings. The van der Waals surface area contributed by atoms with Crippen molar-refractivity contribution in [1.29, 1.82) is 0 Å². The summed E-state index contributed by atoms with van der Waals surface area (Å²) < 4.78 is 22.4. The molecular weight excluding hydrogens is 614 g/mol. The molecule has 0 radical (unpaired) electrons. The van der Waals surface area contributed by atoms with E-state index >= 15 is 0 Å². The second-order valence-corrected chi connectivity index (χ2v) is 11.9. The number of nitrogens with zero attached hydrogens (tertiary/aromatic N) is 2. The van der Waals surface area contributed by atoms with Gasteiger partial charge in [0.1, 0.15) is 44.2 Å². The quantitative estimate of drug-likeness (QED) is 0.203.